The zero-order chi connectivity index (χ0) is 13.6. The molecule has 3 aromatic rings. The van der Waals surface area contributed by atoms with Gasteiger partial charge in [-0.2, -0.15) is 0 Å². The number of fused-ring (bicyclic) bond motifs is 1. The van der Waals surface area contributed by atoms with Crippen molar-refractivity contribution in [2.45, 2.75) is 13.8 Å². The van der Waals surface area contributed by atoms with Crippen LogP contribution in [-0.4, -0.2) is 9.38 Å². The average Bonchev–Trinajstić information content (AvgIpc) is 2.69. The van der Waals surface area contributed by atoms with Crippen molar-refractivity contribution in [3.8, 4) is 11.3 Å². The zero-order valence-electron chi connectivity index (χ0n) is 10.6. The Morgan fingerprint density at radius 3 is 2.53 bits per heavy atom. The van der Waals surface area contributed by atoms with Crippen LogP contribution in [0.4, 0.5) is 4.39 Å². The molecule has 0 fully saturated rings. The van der Waals surface area contributed by atoms with Crippen molar-refractivity contribution in [3.05, 3.63) is 58.1 Å². The van der Waals surface area contributed by atoms with E-state index in [9.17, 15) is 4.39 Å². The lowest BCUT2D eigenvalue weighted by Crippen LogP contribution is -1.89. The van der Waals surface area contributed by atoms with Crippen LogP contribution in [0.2, 0.25) is 0 Å². The fourth-order valence-corrected chi connectivity index (χ4v) is 2.48. The topological polar surface area (TPSA) is 17.3 Å². The van der Waals surface area contributed by atoms with Gasteiger partial charge in [-0.3, -0.25) is 0 Å². The maximum Gasteiger partial charge on any atom is 0.137 e. The number of aryl methyl sites for hydroxylation is 2. The molecule has 0 radical (unpaired) electrons. The molecule has 0 unspecified atom stereocenters. The number of benzene rings is 1. The molecular weight excluding hydrogens is 307 g/mol. The van der Waals surface area contributed by atoms with Gasteiger partial charge in [0.2, 0.25) is 0 Å². The fourth-order valence-electron chi connectivity index (χ4n) is 2.16. The number of rotatable bonds is 1. The number of pyridine rings is 1. The van der Waals surface area contributed by atoms with Gasteiger partial charge in [-0.1, -0.05) is 0 Å². The van der Waals surface area contributed by atoms with Gasteiger partial charge < -0.3 is 4.40 Å². The highest BCUT2D eigenvalue weighted by molar-refractivity contribution is 9.10. The van der Waals surface area contributed by atoms with Crippen LogP contribution in [0.1, 0.15) is 11.3 Å². The van der Waals surface area contributed by atoms with E-state index in [4.69, 9.17) is 0 Å². The molecule has 0 aliphatic carbocycles. The number of nitrogens with zero attached hydrogens (tertiary/aromatic N) is 2. The predicted octanol–water partition coefficient (Wildman–Crippen LogP) is 4.52. The number of aromatic nitrogens is 2. The highest BCUT2D eigenvalue weighted by atomic mass is 79.9. The van der Waals surface area contributed by atoms with E-state index < -0.39 is 0 Å². The van der Waals surface area contributed by atoms with Gasteiger partial charge in [0.25, 0.3) is 0 Å². The Bertz CT molecular complexity index is 760. The van der Waals surface area contributed by atoms with Gasteiger partial charge >= 0.3 is 0 Å². The SMILES string of the molecule is Cc1cc2nc(-c3ccc(F)cc3)c(C)n2cc1Br. The molecule has 0 aliphatic rings. The van der Waals surface area contributed by atoms with Gasteiger partial charge in [0, 0.05) is 21.9 Å². The molecule has 1 aromatic carbocycles. The largest absolute Gasteiger partial charge is 0.303 e. The van der Waals surface area contributed by atoms with E-state index in [2.05, 4.69) is 20.9 Å². The summed E-state index contributed by atoms with van der Waals surface area (Å²) in [7, 11) is 0. The molecule has 0 saturated heterocycles. The van der Waals surface area contributed by atoms with Crippen molar-refractivity contribution in [2.24, 2.45) is 0 Å². The number of halogens is 2. The Morgan fingerprint density at radius 2 is 1.84 bits per heavy atom. The van der Waals surface area contributed by atoms with E-state index in [0.717, 1.165) is 32.6 Å². The molecule has 2 nitrogen and oxygen atoms in total. The first-order valence-corrected chi connectivity index (χ1v) is 6.76. The molecule has 0 bridgehead atoms. The molecule has 0 saturated carbocycles. The van der Waals surface area contributed by atoms with Gasteiger partial charge in [-0.25, -0.2) is 9.37 Å². The van der Waals surface area contributed by atoms with E-state index in [1.807, 2.05) is 30.5 Å². The number of hydrogen-bond acceptors (Lipinski definition) is 1. The first-order chi connectivity index (χ1) is 9.06. The lowest BCUT2D eigenvalue weighted by atomic mass is 10.1. The summed E-state index contributed by atoms with van der Waals surface area (Å²) in [5.41, 5.74) is 4.90. The molecular formula is C15H12BrFN2. The predicted molar refractivity (Wildman–Crippen MR) is 77.8 cm³/mol. The second-order valence-corrected chi connectivity index (χ2v) is 5.44. The van der Waals surface area contributed by atoms with Crippen LogP contribution >= 0.6 is 15.9 Å². The highest BCUT2D eigenvalue weighted by Gasteiger charge is 2.11. The Kier molecular flexibility index (Phi) is 2.90. The first kappa shape index (κ1) is 12.4. The molecule has 0 spiro atoms. The van der Waals surface area contributed by atoms with Crippen molar-refractivity contribution in [1.29, 1.82) is 0 Å². The van der Waals surface area contributed by atoms with E-state index in [-0.39, 0.29) is 5.82 Å². The average molecular weight is 319 g/mol. The Hall–Kier alpha value is -1.68. The third-order valence-corrected chi connectivity index (χ3v) is 4.09. The monoisotopic (exact) mass is 318 g/mol. The standard InChI is InChI=1S/C15H12BrFN2/c1-9-7-14-18-15(10(2)19(14)8-13(9)16)11-3-5-12(17)6-4-11/h3-8H,1-2H3. The van der Waals surface area contributed by atoms with Crippen LogP contribution < -0.4 is 0 Å². The molecule has 2 aromatic heterocycles. The van der Waals surface area contributed by atoms with Gasteiger partial charge in [-0.15, -0.1) is 0 Å². The summed E-state index contributed by atoms with van der Waals surface area (Å²) in [6.45, 7) is 4.05. The smallest absolute Gasteiger partial charge is 0.137 e. The van der Waals surface area contributed by atoms with Gasteiger partial charge in [0.05, 0.1) is 5.69 Å². The van der Waals surface area contributed by atoms with Crippen LogP contribution in [0.3, 0.4) is 0 Å². The molecule has 2 heterocycles. The van der Waals surface area contributed by atoms with Crippen LogP contribution in [0, 0.1) is 19.7 Å². The number of imidazole rings is 1. The van der Waals surface area contributed by atoms with Crippen molar-refractivity contribution in [3.63, 3.8) is 0 Å². The van der Waals surface area contributed by atoms with Gasteiger partial charge in [0.15, 0.2) is 0 Å². The second kappa shape index (κ2) is 4.46. The first-order valence-electron chi connectivity index (χ1n) is 5.97. The molecule has 96 valence electrons. The second-order valence-electron chi connectivity index (χ2n) is 4.59. The molecule has 0 N–H and O–H groups in total. The normalized spacial score (nSPS) is 11.2. The van der Waals surface area contributed by atoms with E-state index in [0.29, 0.717) is 0 Å². The minimum absolute atomic E-state index is 0.233. The molecule has 0 aliphatic heterocycles. The molecule has 3 rings (SSSR count). The minimum Gasteiger partial charge on any atom is -0.303 e. The minimum atomic E-state index is -0.233. The summed E-state index contributed by atoms with van der Waals surface area (Å²) >= 11 is 3.53. The lowest BCUT2D eigenvalue weighted by molar-refractivity contribution is 0.628. The molecule has 4 heteroatoms. The van der Waals surface area contributed by atoms with E-state index in [1.54, 1.807) is 12.1 Å². The van der Waals surface area contributed by atoms with Crippen molar-refractivity contribution in [2.75, 3.05) is 0 Å². The lowest BCUT2D eigenvalue weighted by Gasteiger charge is -2.01. The van der Waals surface area contributed by atoms with Crippen LogP contribution in [0.25, 0.3) is 16.9 Å². The van der Waals surface area contributed by atoms with E-state index >= 15 is 0 Å². The van der Waals surface area contributed by atoms with Crippen LogP contribution in [-0.2, 0) is 0 Å². The molecule has 19 heavy (non-hydrogen) atoms. The van der Waals surface area contributed by atoms with E-state index in [1.165, 1.54) is 12.1 Å². The summed E-state index contributed by atoms with van der Waals surface area (Å²) in [6, 6.07) is 8.46. The van der Waals surface area contributed by atoms with Crippen LogP contribution in [0.15, 0.2) is 41.0 Å². The van der Waals surface area contributed by atoms with Crippen molar-refractivity contribution < 1.29 is 4.39 Å². The Morgan fingerprint density at radius 1 is 1.16 bits per heavy atom. The fraction of sp³-hybridized carbons (Fsp3) is 0.133. The van der Waals surface area contributed by atoms with Crippen molar-refractivity contribution >= 4 is 21.6 Å². The molecule has 0 atom stereocenters. The Labute approximate surface area is 119 Å². The number of hydrogen-bond donors (Lipinski definition) is 0. The summed E-state index contributed by atoms with van der Waals surface area (Å²) in [5, 5.41) is 0. The highest BCUT2D eigenvalue weighted by Crippen LogP contribution is 2.26. The zero-order valence-corrected chi connectivity index (χ0v) is 12.2. The third kappa shape index (κ3) is 2.06. The summed E-state index contributed by atoms with van der Waals surface area (Å²) in [5.74, 6) is -0.233. The van der Waals surface area contributed by atoms with Gasteiger partial charge in [0.1, 0.15) is 11.5 Å². The van der Waals surface area contributed by atoms with Crippen LogP contribution in [0.5, 0.6) is 0 Å². The summed E-state index contributed by atoms with van der Waals surface area (Å²) in [6.07, 6.45) is 2.01. The van der Waals surface area contributed by atoms with Gasteiger partial charge in [-0.05, 0) is 65.7 Å². The summed E-state index contributed by atoms with van der Waals surface area (Å²) in [4.78, 5) is 4.63. The quantitative estimate of drug-likeness (QED) is 0.644. The Balaban J connectivity index is 2.25. The maximum atomic E-state index is 13.0. The maximum absolute atomic E-state index is 13.0. The van der Waals surface area contributed by atoms with Crippen molar-refractivity contribution in [1.82, 2.24) is 9.38 Å². The third-order valence-electron chi connectivity index (χ3n) is 3.26. The summed E-state index contributed by atoms with van der Waals surface area (Å²) < 4.78 is 16.1. The molecule has 0 amide bonds.